The van der Waals surface area contributed by atoms with Crippen LogP contribution in [0.15, 0.2) is 23.3 Å². The first-order valence-electron chi connectivity index (χ1n) is 7.85. The molecule has 1 atom stereocenters. The summed E-state index contributed by atoms with van der Waals surface area (Å²) >= 11 is 0. The number of pyridine rings is 1. The number of ether oxygens (including phenoxy) is 2. The number of rotatable bonds is 6. The standard InChI is InChI=1S/C16H26N4O2/c1-12(2)22-15-7-6-13(9-18-15)10-19-16(17-3)20-11-14-5-4-8-21-14/h6-7,9,12,14H,4-5,8,10-11H2,1-3H3,(H2,17,19,20). The summed E-state index contributed by atoms with van der Waals surface area (Å²) < 4.78 is 11.1. The third kappa shape index (κ3) is 5.52. The van der Waals surface area contributed by atoms with Gasteiger partial charge in [0.15, 0.2) is 5.96 Å². The van der Waals surface area contributed by atoms with Gasteiger partial charge in [0.05, 0.1) is 12.2 Å². The van der Waals surface area contributed by atoms with Crippen LogP contribution in [-0.4, -0.2) is 43.4 Å². The van der Waals surface area contributed by atoms with E-state index in [0.717, 1.165) is 37.5 Å². The summed E-state index contributed by atoms with van der Waals surface area (Å²) in [5, 5.41) is 6.56. The van der Waals surface area contributed by atoms with Crippen molar-refractivity contribution in [2.45, 2.75) is 45.4 Å². The molecule has 0 spiro atoms. The van der Waals surface area contributed by atoms with Gasteiger partial charge >= 0.3 is 0 Å². The predicted octanol–water partition coefficient (Wildman–Crippen LogP) is 1.71. The summed E-state index contributed by atoms with van der Waals surface area (Å²) in [6, 6.07) is 3.89. The maximum Gasteiger partial charge on any atom is 0.213 e. The largest absolute Gasteiger partial charge is 0.475 e. The molecule has 22 heavy (non-hydrogen) atoms. The average Bonchev–Trinajstić information content (AvgIpc) is 3.02. The SMILES string of the molecule is CN=C(NCc1ccc(OC(C)C)nc1)NCC1CCCO1. The topological polar surface area (TPSA) is 67.8 Å². The van der Waals surface area contributed by atoms with Gasteiger partial charge in [0, 0.05) is 39.0 Å². The number of hydrogen-bond acceptors (Lipinski definition) is 4. The Labute approximate surface area is 132 Å². The molecule has 0 bridgehead atoms. The normalized spacial score (nSPS) is 18.5. The van der Waals surface area contributed by atoms with Crippen LogP contribution >= 0.6 is 0 Å². The fourth-order valence-corrected chi connectivity index (χ4v) is 2.25. The summed E-state index contributed by atoms with van der Waals surface area (Å²) in [4.78, 5) is 8.50. The van der Waals surface area contributed by atoms with Crippen LogP contribution < -0.4 is 15.4 Å². The number of aliphatic imine (C=N–C) groups is 1. The minimum absolute atomic E-state index is 0.136. The van der Waals surface area contributed by atoms with E-state index in [0.29, 0.717) is 18.5 Å². The molecule has 1 fully saturated rings. The lowest BCUT2D eigenvalue weighted by Gasteiger charge is -2.15. The summed E-state index contributed by atoms with van der Waals surface area (Å²) in [5.41, 5.74) is 1.08. The molecule has 2 N–H and O–H groups in total. The Morgan fingerprint density at radius 3 is 2.91 bits per heavy atom. The highest BCUT2D eigenvalue weighted by atomic mass is 16.5. The van der Waals surface area contributed by atoms with Crippen molar-refractivity contribution in [2.24, 2.45) is 4.99 Å². The van der Waals surface area contributed by atoms with E-state index >= 15 is 0 Å². The monoisotopic (exact) mass is 306 g/mol. The minimum atomic E-state index is 0.136. The highest BCUT2D eigenvalue weighted by Gasteiger charge is 2.15. The van der Waals surface area contributed by atoms with Gasteiger partial charge < -0.3 is 20.1 Å². The van der Waals surface area contributed by atoms with Gasteiger partial charge in [-0.05, 0) is 32.3 Å². The lowest BCUT2D eigenvalue weighted by Crippen LogP contribution is -2.40. The molecule has 0 aromatic carbocycles. The van der Waals surface area contributed by atoms with Gasteiger partial charge in [-0.1, -0.05) is 6.07 Å². The number of aromatic nitrogens is 1. The highest BCUT2D eigenvalue weighted by Crippen LogP contribution is 2.11. The molecule has 2 rings (SSSR count). The van der Waals surface area contributed by atoms with Gasteiger partial charge in [-0.25, -0.2) is 4.98 Å². The average molecular weight is 306 g/mol. The zero-order valence-electron chi connectivity index (χ0n) is 13.6. The second-order valence-electron chi connectivity index (χ2n) is 5.61. The molecule has 0 radical (unpaired) electrons. The van der Waals surface area contributed by atoms with Crippen LogP contribution in [-0.2, 0) is 11.3 Å². The van der Waals surface area contributed by atoms with E-state index in [2.05, 4.69) is 20.6 Å². The number of hydrogen-bond donors (Lipinski definition) is 2. The molecule has 1 aliphatic heterocycles. The molecule has 6 nitrogen and oxygen atoms in total. The Morgan fingerprint density at radius 1 is 1.45 bits per heavy atom. The van der Waals surface area contributed by atoms with E-state index in [1.54, 1.807) is 7.05 Å². The van der Waals surface area contributed by atoms with Crippen LogP contribution in [0.3, 0.4) is 0 Å². The highest BCUT2D eigenvalue weighted by molar-refractivity contribution is 5.79. The molecule has 1 aliphatic rings. The Hall–Kier alpha value is -1.82. The Kier molecular flexibility index (Phi) is 6.45. The summed E-state index contributed by atoms with van der Waals surface area (Å²) in [5.74, 6) is 1.43. The molecule has 1 aromatic rings. The van der Waals surface area contributed by atoms with E-state index < -0.39 is 0 Å². The fraction of sp³-hybridized carbons (Fsp3) is 0.625. The van der Waals surface area contributed by atoms with Gasteiger partial charge in [0.1, 0.15) is 0 Å². The zero-order chi connectivity index (χ0) is 15.8. The summed E-state index contributed by atoms with van der Waals surface area (Å²) in [7, 11) is 1.77. The van der Waals surface area contributed by atoms with Crippen molar-refractivity contribution in [1.82, 2.24) is 15.6 Å². The third-order valence-electron chi connectivity index (χ3n) is 3.36. The molecule has 0 saturated carbocycles. The van der Waals surface area contributed by atoms with E-state index in [-0.39, 0.29) is 6.10 Å². The molecule has 122 valence electrons. The van der Waals surface area contributed by atoms with Gasteiger partial charge in [-0.15, -0.1) is 0 Å². The first kappa shape index (κ1) is 16.5. The molecule has 2 heterocycles. The fourth-order valence-electron chi connectivity index (χ4n) is 2.25. The van der Waals surface area contributed by atoms with Crippen LogP contribution in [0, 0.1) is 0 Å². The smallest absolute Gasteiger partial charge is 0.213 e. The van der Waals surface area contributed by atoms with E-state index in [1.807, 2.05) is 32.2 Å². The van der Waals surface area contributed by atoms with Crippen LogP contribution in [0.4, 0.5) is 0 Å². The molecular formula is C16H26N4O2. The summed E-state index contributed by atoms with van der Waals surface area (Å²) in [6.45, 7) is 6.30. The van der Waals surface area contributed by atoms with Gasteiger partial charge in [-0.3, -0.25) is 4.99 Å². The molecule has 6 heteroatoms. The van der Waals surface area contributed by atoms with Crippen molar-refractivity contribution >= 4 is 5.96 Å². The number of guanidine groups is 1. The second-order valence-corrected chi connectivity index (χ2v) is 5.61. The van der Waals surface area contributed by atoms with Gasteiger partial charge in [0.2, 0.25) is 5.88 Å². The quantitative estimate of drug-likeness (QED) is 0.619. The molecule has 0 amide bonds. The van der Waals surface area contributed by atoms with Gasteiger partial charge in [0.25, 0.3) is 0 Å². The zero-order valence-corrected chi connectivity index (χ0v) is 13.6. The van der Waals surface area contributed by atoms with Crippen molar-refractivity contribution in [1.29, 1.82) is 0 Å². The van der Waals surface area contributed by atoms with Crippen molar-refractivity contribution in [3.05, 3.63) is 23.9 Å². The van der Waals surface area contributed by atoms with Crippen molar-refractivity contribution < 1.29 is 9.47 Å². The maximum absolute atomic E-state index is 5.59. The summed E-state index contributed by atoms with van der Waals surface area (Å²) in [6.07, 6.45) is 4.52. The third-order valence-corrected chi connectivity index (χ3v) is 3.36. The van der Waals surface area contributed by atoms with Gasteiger partial charge in [-0.2, -0.15) is 0 Å². The predicted molar refractivity (Wildman–Crippen MR) is 87.2 cm³/mol. The van der Waals surface area contributed by atoms with Crippen LogP contribution in [0.2, 0.25) is 0 Å². The Bertz CT molecular complexity index is 468. The second kappa shape index (κ2) is 8.58. The van der Waals surface area contributed by atoms with Crippen molar-refractivity contribution in [3.8, 4) is 5.88 Å². The molecule has 0 aliphatic carbocycles. The molecule has 1 aromatic heterocycles. The van der Waals surface area contributed by atoms with E-state index in [9.17, 15) is 0 Å². The van der Waals surface area contributed by atoms with E-state index in [1.165, 1.54) is 0 Å². The number of nitrogens with one attached hydrogen (secondary N) is 2. The van der Waals surface area contributed by atoms with Crippen LogP contribution in [0.25, 0.3) is 0 Å². The lowest BCUT2D eigenvalue weighted by atomic mass is 10.2. The van der Waals surface area contributed by atoms with Crippen LogP contribution in [0.1, 0.15) is 32.3 Å². The molecule has 1 saturated heterocycles. The lowest BCUT2D eigenvalue weighted by molar-refractivity contribution is 0.114. The minimum Gasteiger partial charge on any atom is -0.475 e. The van der Waals surface area contributed by atoms with Crippen molar-refractivity contribution in [2.75, 3.05) is 20.2 Å². The first-order chi connectivity index (χ1) is 10.7. The Balaban J connectivity index is 1.75. The molecular weight excluding hydrogens is 280 g/mol. The Morgan fingerprint density at radius 2 is 2.32 bits per heavy atom. The van der Waals surface area contributed by atoms with E-state index in [4.69, 9.17) is 9.47 Å². The van der Waals surface area contributed by atoms with Crippen LogP contribution in [0.5, 0.6) is 5.88 Å². The number of nitrogens with zero attached hydrogens (tertiary/aromatic N) is 2. The van der Waals surface area contributed by atoms with Crippen molar-refractivity contribution in [3.63, 3.8) is 0 Å². The first-order valence-corrected chi connectivity index (χ1v) is 7.85. The molecule has 1 unspecified atom stereocenters. The maximum atomic E-state index is 5.59.